The molecule has 2 aliphatic heterocycles. The van der Waals surface area contributed by atoms with Gasteiger partial charge in [-0.2, -0.15) is 0 Å². The van der Waals surface area contributed by atoms with E-state index in [4.69, 9.17) is 9.26 Å². The number of nitrogens with one attached hydrogen (secondary N) is 1. The van der Waals surface area contributed by atoms with Gasteiger partial charge in [0.15, 0.2) is 0 Å². The molecule has 0 aromatic carbocycles. The molecule has 2 aromatic rings. The maximum absolute atomic E-state index is 5.62. The molecule has 0 aliphatic carbocycles. The van der Waals surface area contributed by atoms with E-state index in [9.17, 15) is 0 Å². The minimum absolute atomic E-state index is 0.354. The van der Waals surface area contributed by atoms with Crippen molar-refractivity contribution in [3.63, 3.8) is 0 Å². The molecule has 7 nitrogen and oxygen atoms in total. The third kappa shape index (κ3) is 3.68. The number of rotatable bonds is 6. The molecular weight excluding hydrogens is 342 g/mol. The molecular formula is C20H25N5O2. The highest BCUT2D eigenvalue weighted by molar-refractivity contribution is 5.62. The first kappa shape index (κ1) is 17.6. The Bertz CT molecular complexity index is 850. The highest BCUT2D eigenvalue weighted by atomic mass is 16.5. The first-order chi connectivity index (χ1) is 13.1. The van der Waals surface area contributed by atoms with Gasteiger partial charge in [-0.3, -0.25) is 9.99 Å². The third-order valence-corrected chi connectivity index (χ3v) is 4.92. The maximum atomic E-state index is 5.62. The number of pyridine rings is 1. The zero-order valence-corrected chi connectivity index (χ0v) is 16.0. The van der Waals surface area contributed by atoms with E-state index in [1.54, 1.807) is 0 Å². The van der Waals surface area contributed by atoms with E-state index in [2.05, 4.69) is 26.5 Å². The number of aryl methyl sites for hydroxylation is 2. The number of hydrogen-bond donors (Lipinski definition) is 1. The maximum Gasteiger partial charge on any atom is 0.139 e. The van der Waals surface area contributed by atoms with E-state index in [0.29, 0.717) is 12.6 Å². The lowest BCUT2D eigenvalue weighted by molar-refractivity contribution is -0.0332. The molecule has 27 heavy (non-hydrogen) atoms. The monoisotopic (exact) mass is 367 g/mol. The van der Waals surface area contributed by atoms with E-state index in [1.165, 1.54) is 5.70 Å². The van der Waals surface area contributed by atoms with Crippen molar-refractivity contribution in [3.05, 3.63) is 59.5 Å². The van der Waals surface area contributed by atoms with E-state index < -0.39 is 0 Å². The Labute approximate surface area is 159 Å². The fourth-order valence-electron chi connectivity index (χ4n) is 3.27. The highest BCUT2D eigenvalue weighted by Crippen LogP contribution is 2.27. The predicted molar refractivity (Wildman–Crippen MR) is 102 cm³/mol. The summed E-state index contributed by atoms with van der Waals surface area (Å²) >= 11 is 0. The number of hydrazine groups is 1. The lowest BCUT2D eigenvalue weighted by Gasteiger charge is -2.42. The van der Waals surface area contributed by atoms with Crippen molar-refractivity contribution in [2.45, 2.75) is 33.4 Å². The van der Waals surface area contributed by atoms with Crippen LogP contribution in [0.2, 0.25) is 0 Å². The van der Waals surface area contributed by atoms with Crippen LogP contribution in [0.4, 0.5) is 0 Å². The van der Waals surface area contributed by atoms with Crippen LogP contribution in [0.25, 0.3) is 11.3 Å². The molecule has 4 heterocycles. The summed E-state index contributed by atoms with van der Waals surface area (Å²) < 4.78 is 11.1. The predicted octanol–water partition coefficient (Wildman–Crippen LogP) is 2.75. The Morgan fingerprint density at radius 3 is 2.81 bits per heavy atom. The van der Waals surface area contributed by atoms with Crippen molar-refractivity contribution in [2.24, 2.45) is 0 Å². The lowest BCUT2D eigenvalue weighted by Crippen LogP contribution is -2.52. The van der Waals surface area contributed by atoms with Crippen LogP contribution < -0.4 is 5.43 Å². The van der Waals surface area contributed by atoms with Gasteiger partial charge in [-0.15, -0.1) is 0 Å². The Morgan fingerprint density at radius 1 is 1.30 bits per heavy atom. The number of ether oxygens (including phenoxy) is 1. The second-order valence-electron chi connectivity index (χ2n) is 6.88. The van der Waals surface area contributed by atoms with Gasteiger partial charge >= 0.3 is 0 Å². The summed E-state index contributed by atoms with van der Waals surface area (Å²) in [5.74, 6) is 0.817. The summed E-state index contributed by atoms with van der Waals surface area (Å²) in [5.41, 5.74) is 8.35. The zero-order valence-electron chi connectivity index (χ0n) is 16.0. The van der Waals surface area contributed by atoms with Gasteiger partial charge in [-0.05, 0) is 39.0 Å². The van der Waals surface area contributed by atoms with Gasteiger partial charge in [0, 0.05) is 55.1 Å². The van der Waals surface area contributed by atoms with E-state index in [-0.39, 0.29) is 0 Å². The molecule has 2 aliphatic rings. The van der Waals surface area contributed by atoms with Gasteiger partial charge in [-0.25, -0.2) is 0 Å². The van der Waals surface area contributed by atoms with Crippen LogP contribution in [0.5, 0.6) is 0 Å². The van der Waals surface area contributed by atoms with Crippen LogP contribution in [0.1, 0.15) is 23.9 Å². The van der Waals surface area contributed by atoms with Gasteiger partial charge in [0.25, 0.3) is 0 Å². The van der Waals surface area contributed by atoms with Crippen molar-refractivity contribution in [3.8, 4) is 11.3 Å². The molecule has 0 spiro atoms. The van der Waals surface area contributed by atoms with Crippen molar-refractivity contribution < 1.29 is 9.26 Å². The summed E-state index contributed by atoms with van der Waals surface area (Å²) in [5, 5.41) is 6.26. The van der Waals surface area contributed by atoms with Crippen LogP contribution in [0.15, 0.2) is 47.0 Å². The average molecular weight is 367 g/mol. The van der Waals surface area contributed by atoms with E-state index in [0.717, 1.165) is 48.0 Å². The minimum Gasteiger partial charge on any atom is -0.375 e. The second-order valence-corrected chi connectivity index (χ2v) is 6.88. The zero-order chi connectivity index (χ0) is 18.8. The number of nitrogens with zero attached hydrogens (tertiary/aromatic N) is 4. The third-order valence-electron chi connectivity index (χ3n) is 4.92. The van der Waals surface area contributed by atoms with Crippen molar-refractivity contribution in [2.75, 3.05) is 19.7 Å². The summed E-state index contributed by atoms with van der Waals surface area (Å²) in [7, 11) is 0. The molecule has 0 radical (unpaired) electrons. The molecule has 0 atom stereocenters. The Kier molecular flexibility index (Phi) is 4.85. The van der Waals surface area contributed by atoms with Crippen molar-refractivity contribution >= 4 is 0 Å². The van der Waals surface area contributed by atoms with Crippen LogP contribution in [0.3, 0.4) is 0 Å². The average Bonchev–Trinajstić information content (AvgIpc) is 3.00. The molecule has 4 rings (SSSR count). The smallest absolute Gasteiger partial charge is 0.139 e. The Hall–Kier alpha value is -2.80. The number of likely N-dealkylation sites (tertiary alicyclic amines) is 1. The molecule has 0 bridgehead atoms. The molecule has 7 heteroatoms. The SMILES string of the molecule is CCOC1CN(C2=CNN(Cc3c(-c4ccc(C)nc4)noc3C)C=C2)C1. The van der Waals surface area contributed by atoms with Gasteiger partial charge in [0.1, 0.15) is 11.5 Å². The largest absolute Gasteiger partial charge is 0.375 e. The molecule has 0 unspecified atom stereocenters. The summed E-state index contributed by atoms with van der Waals surface area (Å²) in [4.78, 5) is 6.67. The summed E-state index contributed by atoms with van der Waals surface area (Å²) in [6.45, 7) is 9.27. The molecule has 0 saturated carbocycles. The summed E-state index contributed by atoms with van der Waals surface area (Å²) in [6, 6.07) is 4.01. The van der Waals surface area contributed by atoms with Crippen LogP contribution in [0, 0.1) is 13.8 Å². The lowest BCUT2D eigenvalue weighted by atomic mass is 10.1. The molecule has 142 valence electrons. The second kappa shape index (κ2) is 7.44. The number of allylic oxidation sites excluding steroid dienone is 1. The van der Waals surface area contributed by atoms with Gasteiger partial charge in [0.2, 0.25) is 0 Å². The molecule has 1 N–H and O–H groups in total. The number of aromatic nitrogens is 2. The van der Waals surface area contributed by atoms with E-state index in [1.807, 2.05) is 56.5 Å². The van der Waals surface area contributed by atoms with Crippen LogP contribution in [-0.2, 0) is 11.3 Å². The number of hydrogen-bond acceptors (Lipinski definition) is 7. The standard InChI is InChI=1S/C20H25N5O2/c1-4-26-18-11-24(12-18)17-7-8-25(22-10-17)13-19-15(3)27-23-20(19)16-6-5-14(2)21-9-16/h5-10,18,22H,4,11-13H2,1-3H3. The topological polar surface area (TPSA) is 66.7 Å². The minimum atomic E-state index is 0.354. The van der Waals surface area contributed by atoms with Crippen LogP contribution >= 0.6 is 0 Å². The summed E-state index contributed by atoms with van der Waals surface area (Å²) in [6.07, 6.45) is 8.39. The normalized spacial score (nSPS) is 16.9. The fraction of sp³-hybridized carbons (Fsp3) is 0.400. The van der Waals surface area contributed by atoms with Crippen molar-refractivity contribution in [1.29, 1.82) is 0 Å². The fourth-order valence-corrected chi connectivity index (χ4v) is 3.27. The van der Waals surface area contributed by atoms with Gasteiger partial charge < -0.3 is 19.6 Å². The Morgan fingerprint density at radius 2 is 2.15 bits per heavy atom. The quantitative estimate of drug-likeness (QED) is 0.842. The molecule has 1 saturated heterocycles. The Balaban J connectivity index is 1.41. The molecule has 0 amide bonds. The first-order valence-electron chi connectivity index (χ1n) is 9.30. The molecule has 2 aromatic heterocycles. The highest BCUT2D eigenvalue weighted by Gasteiger charge is 2.28. The van der Waals surface area contributed by atoms with Crippen molar-refractivity contribution in [1.82, 2.24) is 25.5 Å². The van der Waals surface area contributed by atoms with E-state index >= 15 is 0 Å². The van der Waals surface area contributed by atoms with Gasteiger partial charge in [-0.1, -0.05) is 5.16 Å². The van der Waals surface area contributed by atoms with Gasteiger partial charge in [0.05, 0.1) is 18.3 Å². The van der Waals surface area contributed by atoms with Crippen LogP contribution in [-0.4, -0.2) is 45.8 Å². The first-order valence-corrected chi connectivity index (χ1v) is 9.30. The molecule has 1 fully saturated rings.